The molecule has 30 heavy (non-hydrogen) atoms. The number of fused-ring (bicyclic) bond motifs is 1. The fourth-order valence-corrected chi connectivity index (χ4v) is 4.49. The summed E-state index contributed by atoms with van der Waals surface area (Å²) < 4.78 is 16.5. The van der Waals surface area contributed by atoms with E-state index in [1.165, 1.54) is 18.3 Å². The minimum atomic E-state index is -0.788. The lowest BCUT2D eigenvalue weighted by molar-refractivity contribution is -0.133. The lowest BCUT2D eigenvalue weighted by Crippen LogP contribution is -2.55. The Bertz CT molecular complexity index is 1020. The molecule has 0 bridgehead atoms. The molecule has 2 aromatic rings. The van der Waals surface area contributed by atoms with Gasteiger partial charge in [0, 0.05) is 27.2 Å². The normalized spacial score (nSPS) is 18.5. The summed E-state index contributed by atoms with van der Waals surface area (Å²) in [5, 5.41) is 0.766. The number of rotatable bonds is 4. The Kier molecular flexibility index (Phi) is 4.79. The molecule has 0 unspecified atom stereocenters. The van der Waals surface area contributed by atoms with E-state index in [0.717, 1.165) is 11.2 Å². The number of nitrogens with zero attached hydrogens (tertiary/aromatic N) is 5. The monoisotopic (exact) mass is 415 g/mol. The summed E-state index contributed by atoms with van der Waals surface area (Å²) in [5.41, 5.74) is -0.173. The third-order valence-electron chi connectivity index (χ3n) is 6.22. The van der Waals surface area contributed by atoms with Gasteiger partial charge in [-0.15, -0.1) is 0 Å². The number of ether oxygens (including phenoxy) is 3. The van der Waals surface area contributed by atoms with E-state index in [1.54, 1.807) is 33.3 Å². The van der Waals surface area contributed by atoms with Crippen molar-refractivity contribution in [2.75, 3.05) is 53.4 Å². The van der Waals surface area contributed by atoms with Crippen molar-refractivity contribution in [3.05, 3.63) is 12.4 Å². The predicted octanol–water partition coefficient (Wildman–Crippen LogP) is 1.52. The number of hydrogen-bond donors (Lipinski definition) is 0. The first-order valence-electron chi connectivity index (χ1n) is 9.64. The molecular formula is C20H25N5O5. The number of likely N-dealkylation sites (N-methyl/N-ethyl adjacent to an activating group) is 2. The number of anilines is 1. The summed E-state index contributed by atoms with van der Waals surface area (Å²) in [4.78, 5) is 38.8. The fourth-order valence-electron chi connectivity index (χ4n) is 4.49. The molecule has 2 saturated heterocycles. The second-order valence-electron chi connectivity index (χ2n) is 7.46. The molecule has 0 atom stereocenters. The number of urea groups is 1. The molecule has 3 heterocycles. The highest BCUT2D eigenvalue weighted by molar-refractivity contribution is 6.07. The number of methoxy groups -OCH3 is 3. The Hall–Kier alpha value is -3.30. The molecule has 4 rings (SSSR count). The maximum absolute atomic E-state index is 12.8. The van der Waals surface area contributed by atoms with E-state index >= 15 is 0 Å². The van der Waals surface area contributed by atoms with Crippen molar-refractivity contribution in [2.45, 2.75) is 18.4 Å². The van der Waals surface area contributed by atoms with E-state index in [1.807, 2.05) is 6.07 Å². The first kappa shape index (κ1) is 20.0. The van der Waals surface area contributed by atoms with Gasteiger partial charge in [-0.3, -0.25) is 9.69 Å². The van der Waals surface area contributed by atoms with E-state index in [2.05, 4.69) is 14.9 Å². The van der Waals surface area contributed by atoms with Gasteiger partial charge in [0.1, 0.15) is 23.2 Å². The minimum Gasteiger partial charge on any atom is -0.493 e. The Morgan fingerprint density at radius 2 is 1.63 bits per heavy atom. The van der Waals surface area contributed by atoms with Crippen molar-refractivity contribution >= 4 is 28.7 Å². The number of benzene rings is 1. The lowest BCUT2D eigenvalue weighted by atomic mass is 9.86. The van der Waals surface area contributed by atoms with Crippen LogP contribution in [0, 0.1) is 0 Å². The van der Waals surface area contributed by atoms with Crippen molar-refractivity contribution < 1.29 is 23.8 Å². The molecule has 2 aliphatic heterocycles. The van der Waals surface area contributed by atoms with Crippen LogP contribution in [0.5, 0.6) is 17.2 Å². The van der Waals surface area contributed by atoms with Crippen LogP contribution in [0.15, 0.2) is 12.4 Å². The minimum absolute atomic E-state index is 0.143. The molecule has 0 N–H and O–H groups in total. The summed E-state index contributed by atoms with van der Waals surface area (Å²) in [5.74, 6) is 2.04. The first-order valence-corrected chi connectivity index (χ1v) is 9.64. The van der Waals surface area contributed by atoms with Crippen LogP contribution in [-0.2, 0) is 4.79 Å². The van der Waals surface area contributed by atoms with Crippen LogP contribution in [0.3, 0.4) is 0 Å². The van der Waals surface area contributed by atoms with E-state index in [9.17, 15) is 9.59 Å². The molecule has 1 aromatic carbocycles. The van der Waals surface area contributed by atoms with Gasteiger partial charge >= 0.3 is 6.03 Å². The van der Waals surface area contributed by atoms with Crippen molar-refractivity contribution in [1.82, 2.24) is 19.8 Å². The molecule has 0 saturated carbocycles. The Morgan fingerprint density at radius 3 is 2.17 bits per heavy atom. The van der Waals surface area contributed by atoms with Gasteiger partial charge in [-0.2, -0.15) is 0 Å². The maximum Gasteiger partial charge on any atom is 0.327 e. The van der Waals surface area contributed by atoms with Crippen LogP contribution in [0.2, 0.25) is 0 Å². The van der Waals surface area contributed by atoms with Crippen LogP contribution < -0.4 is 19.1 Å². The number of carbonyl (C=O) groups is 2. The van der Waals surface area contributed by atoms with Gasteiger partial charge < -0.3 is 24.0 Å². The molecule has 10 nitrogen and oxygen atoms in total. The third-order valence-corrected chi connectivity index (χ3v) is 6.22. The summed E-state index contributed by atoms with van der Waals surface area (Å²) in [6.45, 7) is 1.14. The number of aromatic nitrogens is 2. The molecule has 0 radical (unpaired) electrons. The highest BCUT2D eigenvalue weighted by Gasteiger charge is 2.55. The van der Waals surface area contributed by atoms with Gasteiger partial charge in [0.15, 0.2) is 11.5 Å². The molecule has 2 fully saturated rings. The molecule has 1 spiro atoms. The molecule has 10 heteroatoms. The number of amides is 3. The summed E-state index contributed by atoms with van der Waals surface area (Å²) >= 11 is 0. The van der Waals surface area contributed by atoms with Gasteiger partial charge in [-0.25, -0.2) is 14.8 Å². The van der Waals surface area contributed by atoms with Crippen LogP contribution in [0.1, 0.15) is 12.8 Å². The summed E-state index contributed by atoms with van der Waals surface area (Å²) in [7, 11) is 7.89. The molecule has 1 aromatic heterocycles. The SMILES string of the molecule is COc1cc2c(N3CCC4(CC3)C(=O)N(C)C(=O)N4C)ncnc2c(OC)c1OC. The molecule has 2 aliphatic rings. The van der Waals surface area contributed by atoms with Gasteiger partial charge in [0.05, 0.1) is 26.7 Å². The largest absolute Gasteiger partial charge is 0.493 e. The number of carbonyl (C=O) groups excluding carboxylic acids is 2. The lowest BCUT2D eigenvalue weighted by Gasteiger charge is -2.41. The zero-order chi connectivity index (χ0) is 21.6. The number of imide groups is 1. The van der Waals surface area contributed by atoms with Gasteiger partial charge in [0.2, 0.25) is 5.75 Å². The van der Waals surface area contributed by atoms with Crippen molar-refractivity contribution in [3.8, 4) is 17.2 Å². The van der Waals surface area contributed by atoms with E-state index in [4.69, 9.17) is 14.2 Å². The highest BCUT2D eigenvalue weighted by Crippen LogP contribution is 2.45. The van der Waals surface area contributed by atoms with Crippen LogP contribution in [0.4, 0.5) is 10.6 Å². The van der Waals surface area contributed by atoms with E-state index in [-0.39, 0.29) is 11.9 Å². The Morgan fingerprint density at radius 1 is 0.967 bits per heavy atom. The van der Waals surface area contributed by atoms with E-state index < -0.39 is 5.54 Å². The van der Waals surface area contributed by atoms with Crippen molar-refractivity contribution in [2.24, 2.45) is 0 Å². The van der Waals surface area contributed by atoms with Crippen LogP contribution >= 0.6 is 0 Å². The summed E-state index contributed by atoms with van der Waals surface area (Å²) in [6.07, 6.45) is 2.53. The van der Waals surface area contributed by atoms with Gasteiger partial charge in [0.25, 0.3) is 5.91 Å². The quantitative estimate of drug-likeness (QED) is 0.694. The Balaban J connectivity index is 1.72. The number of hydrogen-bond acceptors (Lipinski definition) is 8. The van der Waals surface area contributed by atoms with Gasteiger partial charge in [-0.05, 0) is 18.9 Å². The highest BCUT2D eigenvalue weighted by atomic mass is 16.5. The molecule has 160 valence electrons. The summed E-state index contributed by atoms with van der Waals surface area (Å²) in [6, 6.07) is 1.57. The average Bonchev–Trinajstić information content (AvgIpc) is 2.93. The smallest absolute Gasteiger partial charge is 0.327 e. The van der Waals surface area contributed by atoms with Crippen LogP contribution in [-0.4, -0.2) is 85.8 Å². The average molecular weight is 415 g/mol. The third kappa shape index (κ3) is 2.62. The van der Waals surface area contributed by atoms with Crippen molar-refractivity contribution in [3.63, 3.8) is 0 Å². The van der Waals surface area contributed by atoms with Crippen LogP contribution in [0.25, 0.3) is 10.9 Å². The fraction of sp³-hybridized carbons (Fsp3) is 0.500. The number of piperidine rings is 1. The topological polar surface area (TPSA) is 97.3 Å². The standard InChI is InChI=1S/C20H25N5O5/c1-23-18(26)20(24(2)19(23)27)6-8-25(9-7-20)17-12-10-13(28-3)15(29-4)16(30-5)14(12)21-11-22-17/h10-11H,6-9H2,1-5H3. The molecule has 3 amide bonds. The van der Waals surface area contributed by atoms with Crippen molar-refractivity contribution in [1.29, 1.82) is 0 Å². The maximum atomic E-state index is 12.8. The molecular weight excluding hydrogens is 390 g/mol. The second-order valence-corrected chi connectivity index (χ2v) is 7.46. The zero-order valence-electron chi connectivity index (χ0n) is 17.8. The Labute approximate surface area is 174 Å². The predicted molar refractivity (Wildman–Crippen MR) is 109 cm³/mol. The van der Waals surface area contributed by atoms with E-state index in [0.29, 0.717) is 48.7 Å². The zero-order valence-corrected chi connectivity index (χ0v) is 17.8. The first-order chi connectivity index (χ1) is 14.4. The molecule has 0 aliphatic carbocycles. The van der Waals surface area contributed by atoms with Gasteiger partial charge in [-0.1, -0.05) is 0 Å². The second kappa shape index (κ2) is 7.19.